The van der Waals surface area contributed by atoms with Crippen LogP contribution in [0.4, 0.5) is 5.13 Å². The molecule has 16 heavy (non-hydrogen) atoms. The van der Waals surface area contributed by atoms with Crippen molar-refractivity contribution in [2.45, 2.75) is 25.3 Å². The van der Waals surface area contributed by atoms with Crippen molar-refractivity contribution in [2.24, 2.45) is 0 Å². The highest BCUT2D eigenvalue weighted by molar-refractivity contribution is 7.09. The summed E-state index contributed by atoms with van der Waals surface area (Å²) in [5.41, 5.74) is 1.26. The molecule has 1 N–H and O–H groups in total. The fourth-order valence-electron chi connectivity index (χ4n) is 1.57. The van der Waals surface area contributed by atoms with Crippen LogP contribution in [-0.4, -0.2) is 15.4 Å². The first kappa shape index (κ1) is 9.78. The zero-order chi connectivity index (χ0) is 10.8. The van der Waals surface area contributed by atoms with E-state index in [-0.39, 0.29) is 0 Å². The van der Waals surface area contributed by atoms with Gasteiger partial charge < -0.3 is 5.32 Å². The topological polar surface area (TPSA) is 37.8 Å². The van der Waals surface area contributed by atoms with Gasteiger partial charge in [-0.15, -0.1) is 0 Å². The van der Waals surface area contributed by atoms with E-state index in [1.165, 1.54) is 29.9 Å². The van der Waals surface area contributed by atoms with Crippen molar-refractivity contribution in [3.8, 4) is 0 Å². The zero-order valence-electron chi connectivity index (χ0n) is 8.89. The Morgan fingerprint density at radius 2 is 2.06 bits per heavy atom. The van der Waals surface area contributed by atoms with Crippen LogP contribution >= 0.6 is 11.5 Å². The molecule has 1 aromatic carbocycles. The summed E-state index contributed by atoms with van der Waals surface area (Å²) >= 11 is 1.46. The average molecular weight is 231 g/mol. The molecule has 0 aliphatic heterocycles. The zero-order valence-corrected chi connectivity index (χ0v) is 9.70. The van der Waals surface area contributed by atoms with Crippen LogP contribution in [0.3, 0.4) is 0 Å². The summed E-state index contributed by atoms with van der Waals surface area (Å²) in [6.45, 7) is 0. The average Bonchev–Trinajstić information content (AvgIpc) is 3.01. The number of hydrogen-bond donors (Lipinski definition) is 1. The van der Waals surface area contributed by atoms with E-state index >= 15 is 0 Å². The van der Waals surface area contributed by atoms with Gasteiger partial charge in [-0.1, -0.05) is 30.3 Å². The summed E-state index contributed by atoms with van der Waals surface area (Å²) in [7, 11) is 0. The second-order valence-electron chi connectivity index (χ2n) is 4.10. The Morgan fingerprint density at radius 3 is 2.81 bits per heavy atom. The molecule has 1 aliphatic rings. The van der Waals surface area contributed by atoms with Gasteiger partial charge in [0.25, 0.3) is 0 Å². The molecule has 1 fully saturated rings. The number of hydrogen-bond acceptors (Lipinski definition) is 4. The van der Waals surface area contributed by atoms with Crippen LogP contribution in [0.2, 0.25) is 0 Å². The fourth-order valence-corrected chi connectivity index (χ4v) is 2.23. The van der Waals surface area contributed by atoms with Crippen molar-refractivity contribution in [2.75, 3.05) is 5.32 Å². The summed E-state index contributed by atoms with van der Waals surface area (Å²) in [6, 6.07) is 11.0. The Hall–Kier alpha value is -1.42. The largest absolute Gasteiger partial charge is 0.358 e. The van der Waals surface area contributed by atoms with Crippen molar-refractivity contribution < 1.29 is 0 Å². The molecular weight excluding hydrogens is 218 g/mol. The first-order valence-electron chi connectivity index (χ1n) is 5.53. The molecule has 1 saturated carbocycles. The van der Waals surface area contributed by atoms with Crippen molar-refractivity contribution >= 4 is 16.7 Å². The first-order valence-corrected chi connectivity index (χ1v) is 6.30. The second kappa shape index (κ2) is 4.22. The van der Waals surface area contributed by atoms with Crippen molar-refractivity contribution in [3.63, 3.8) is 0 Å². The van der Waals surface area contributed by atoms with Crippen LogP contribution in [-0.2, 0) is 6.42 Å². The maximum absolute atomic E-state index is 4.48. The number of nitrogens with one attached hydrogen (secondary N) is 1. The van der Waals surface area contributed by atoms with Gasteiger partial charge in [0.15, 0.2) is 0 Å². The van der Waals surface area contributed by atoms with E-state index in [0.717, 1.165) is 17.4 Å². The SMILES string of the molecule is c1ccc(Cc2nsc(NC3CC3)n2)cc1. The third-order valence-corrected chi connectivity index (χ3v) is 3.26. The first-order chi connectivity index (χ1) is 7.90. The van der Waals surface area contributed by atoms with Crippen molar-refractivity contribution in [3.05, 3.63) is 41.7 Å². The monoisotopic (exact) mass is 231 g/mol. The summed E-state index contributed by atoms with van der Waals surface area (Å²) in [5.74, 6) is 0.916. The predicted octanol–water partition coefficient (Wildman–Crippen LogP) is 2.70. The van der Waals surface area contributed by atoms with E-state index in [0.29, 0.717) is 6.04 Å². The third-order valence-electron chi connectivity index (χ3n) is 2.58. The Morgan fingerprint density at radius 1 is 1.25 bits per heavy atom. The molecule has 4 heteroatoms. The van der Waals surface area contributed by atoms with Gasteiger partial charge in [0.2, 0.25) is 5.13 Å². The smallest absolute Gasteiger partial charge is 0.202 e. The molecule has 3 rings (SSSR count). The van der Waals surface area contributed by atoms with E-state index in [9.17, 15) is 0 Å². The highest BCUT2D eigenvalue weighted by atomic mass is 32.1. The highest BCUT2D eigenvalue weighted by Gasteiger charge is 2.22. The Balaban J connectivity index is 1.67. The number of benzene rings is 1. The van der Waals surface area contributed by atoms with Crippen LogP contribution in [0.5, 0.6) is 0 Å². The second-order valence-corrected chi connectivity index (χ2v) is 4.85. The Kier molecular flexibility index (Phi) is 2.58. The molecule has 1 aliphatic carbocycles. The van der Waals surface area contributed by atoms with Gasteiger partial charge in [-0.3, -0.25) is 0 Å². The lowest BCUT2D eigenvalue weighted by Crippen LogP contribution is -2.00. The molecule has 1 aromatic heterocycles. The van der Waals surface area contributed by atoms with Crippen LogP contribution in [0.1, 0.15) is 24.2 Å². The quantitative estimate of drug-likeness (QED) is 0.879. The van der Waals surface area contributed by atoms with Crippen molar-refractivity contribution in [1.29, 1.82) is 0 Å². The van der Waals surface area contributed by atoms with E-state index in [1.807, 2.05) is 18.2 Å². The number of anilines is 1. The van der Waals surface area contributed by atoms with E-state index in [2.05, 4.69) is 26.8 Å². The van der Waals surface area contributed by atoms with Crippen LogP contribution in [0, 0.1) is 0 Å². The minimum Gasteiger partial charge on any atom is -0.358 e. The van der Waals surface area contributed by atoms with Gasteiger partial charge >= 0.3 is 0 Å². The Bertz CT molecular complexity index is 462. The van der Waals surface area contributed by atoms with Gasteiger partial charge in [-0.05, 0) is 18.4 Å². The molecule has 1 heterocycles. The molecule has 0 radical (unpaired) electrons. The maximum atomic E-state index is 4.48. The van der Waals surface area contributed by atoms with Gasteiger partial charge in [-0.25, -0.2) is 4.98 Å². The van der Waals surface area contributed by atoms with Crippen LogP contribution < -0.4 is 5.32 Å². The fraction of sp³-hybridized carbons (Fsp3) is 0.333. The van der Waals surface area contributed by atoms with E-state index in [1.54, 1.807) is 0 Å². The molecule has 2 aromatic rings. The van der Waals surface area contributed by atoms with Crippen molar-refractivity contribution in [1.82, 2.24) is 9.36 Å². The summed E-state index contributed by atoms with van der Waals surface area (Å²) in [4.78, 5) is 4.48. The standard InChI is InChI=1S/C12H13N3S/c1-2-4-9(5-3-1)8-11-14-12(16-15-11)13-10-6-7-10/h1-5,10H,6-8H2,(H,13,14,15). The molecule has 0 bridgehead atoms. The molecule has 0 unspecified atom stereocenters. The molecule has 0 amide bonds. The molecule has 82 valence electrons. The number of aromatic nitrogens is 2. The molecule has 0 spiro atoms. The summed E-state index contributed by atoms with van der Waals surface area (Å²) in [5, 5.41) is 4.33. The van der Waals surface area contributed by atoms with Crippen LogP contribution in [0.25, 0.3) is 0 Å². The van der Waals surface area contributed by atoms with Gasteiger partial charge in [0.05, 0.1) is 0 Å². The van der Waals surface area contributed by atoms with Gasteiger partial charge in [0, 0.05) is 24.0 Å². The molecular formula is C12H13N3S. The normalized spacial score (nSPS) is 15.0. The number of nitrogens with zero attached hydrogens (tertiary/aromatic N) is 2. The molecule has 0 atom stereocenters. The summed E-state index contributed by atoms with van der Waals surface area (Å²) < 4.78 is 4.36. The minimum atomic E-state index is 0.650. The van der Waals surface area contributed by atoms with Crippen LogP contribution in [0.15, 0.2) is 30.3 Å². The highest BCUT2D eigenvalue weighted by Crippen LogP contribution is 2.25. The maximum Gasteiger partial charge on any atom is 0.202 e. The predicted molar refractivity (Wildman–Crippen MR) is 65.8 cm³/mol. The third kappa shape index (κ3) is 2.39. The van der Waals surface area contributed by atoms with E-state index in [4.69, 9.17) is 0 Å². The Labute approximate surface area is 98.7 Å². The van der Waals surface area contributed by atoms with Gasteiger partial charge in [0.1, 0.15) is 5.82 Å². The molecule has 0 saturated heterocycles. The van der Waals surface area contributed by atoms with E-state index < -0.39 is 0 Å². The van der Waals surface area contributed by atoms with Gasteiger partial charge in [-0.2, -0.15) is 4.37 Å². The summed E-state index contributed by atoms with van der Waals surface area (Å²) in [6.07, 6.45) is 3.37. The molecule has 3 nitrogen and oxygen atoms in total. The lowest BCUT2D eigenvalue weighted by Gasteiger charge is -1.96. The number of rotatable bonds is 4. The lowest BCUT2D eigenvalue weighted by atomic mass is 10.1. The lowest BCUT2D eigenvalue weighted by molar-refractivity contribution is 1.03. The minimum absolute atomic E-state index is 0.650.